The molecule has 0 unspecified atom stereocenters. The Kier molecular flexibility index (Phi) is 9.28. The van der Waals surface area contributed by atoms with Crippen LogP contribution >= 0.6 is 0 Å². The molecule has 0 amide bonds. The van der Waals surface area contributed by atoms with Crippen molar-refractivity contribution in [2.75, 3.05) is 0 Å². The second kappa shape index (κ2) is 16.1. The molecule has 8 heteroatoms. The Morgan fingerprint density at radius 2 is 0.847 bits per heavy atom. The lowest BCUT2D eigenvalue weighted by molar-refractivity contribution is 0.592. The van der Waals surface area contributed by atoms with E-state index in [2.05, 4.69) is 245 Å². The van der Waals surface area contributed by atoms with Gasteiger partial charge in [0, 0.05) is 11.3 Å². The van der Waals surface area contributed by atoms with Crippen LogP contribution in [0.4, 0.5) is 0 Å². The molecule has 0 bridgehead atoms. The fourth-order valence-electron chi connectivity index (χ4n) is 10.9. The number of rotatable bonds is 7. The number of hydrogen-bond acceptors (Lipinski definition) is 4. The van der Waals surface area contributed by atoms with Crippen molar-refractivity contribution in [3.8, 4) is 67.3 Å². The molecular formula is C64H46N8. The lowest BCUT2D eigenvalue weighted by Crippen LogP contribution is -2.13. The maximum atomic E-state index is 5.53. The molecule has 9 aromatic carbocycles. The molecule has 14 aromatic rings. The van der Waals surface area contributed by atoms with Crippen molar-refractivity contribution in [3.63, 3.8) is 0 Å². The molecule has 0 fully saturated rings. The Morgan fingerprint density at radius 1 is 0.347 bits per heavy atom. The van der Waals surface area contributed by atoms with E-state index in [9.17, 15) is 0 Å². The summed E-state index contributed by atoms with van der Waals surface area (Å²) in [5.41, 5.74) is 20.7. The third-order valence-corrected chi connectivity index (χ3v) is 14.2. The zero-order valence-electron chi connectivity index (χ0n) is 39.9. The first-order valence-corrected chi connectivity index (χ1v) is 24.5. The first-order chi connectivity index (χ1) is 35.4. The fraction of sp³-hybridized carbons (Fsp3) is 0.0625. The third kappa shape index (κ3) is 6.53. The van der Waals surface area contributed by atoms with Crippen LogP contribution < -0.4 is 0 Å². The summed E-state index contributed by atoms with van der Waals surface area (Å²) in [7, 11) is 0. The van der Waals surface area contributed by atoms with Crippen molar-refractivity contribution in [2.45, 2.75) is 26.2 Å². The summed E-state index contributed by atoms with van der Waals surface area (Å²) in [6.45, 7) is 6.75. The molecule has 342 valence electrons. The summed E-state index contributed by atoms with van der Waals surface area (Å²) >= 11 is 0. The van der Waals surface area contributed by atoms with Crippen LogP contribution in [0.3, 0.4) is 0 Å². The van der Waals surface area contributed by atoms with Gasteiger partial charge in [-0.3, -0.25) is 17.9 Å². The van der Waals surface area contributed by atoms with Gasteiger partial charge in [0.15, 0.2) is 11.5 Å². The standard InChI is InChI=1S/C64H46N8/c1-64(2,3)52-39-54-58(38-51(52)60-65-40-59-61(68-60)70(45-28-14-7-15-29-45)63-66-53-31-16-17-32-55(53)71(59)63)72-57-34-19-18-33-56(57)69(62(72)67-54)46-30-20-27-44(35-46)50-37-48(42-23-10-5-11-24-42)47(41-21-8-4-9-22-41)36-49(50)43-25-12-6-13-26-43/h4-40H,1-3H3. The van der Waals surface area contributed by atoms with E-state index in [1.165, 1.54) is 27.8 Å². The van der Waals surface area contributed by atoms with Crippen molar-refractivity contribution in [1.29, 1.82) is 0 Å². The van der Waals surface area contributed by atoms with E-state index in [4.69, 9.17) is 19.9 Å². The van der Waals surface area contributed by atoms with Crippen LogP contribution in [0.1, 0.15) is 26.3 Å². The van der Waals surface area contributed by atoms with Crippen molar-refractivity contribution in [2.24, 2.45) is 0 Å². The quantitative estimate of drug-likeness (QED) is 0.160. The van der Waals surface area contributed by atoms with Crippen LogP contribution in [0.15, 0.2) is 225 Å². The number of imidazole rings is 4. The minimum absolute atomic E-state index is 0.265. The van der Waals surface area contributed by atoms with E-state index >= 15 is 0 Å². The lowest BCUT2D eigenvalue weighted by atomic mass is 9.83. The van der Waals surface area contributed by atoms with Gasteiger partial charge in [-0.15, -0.1) is 0 Å². The van der Waals surface area contributed by atoms with Crippen LogP contribution in [0.2, 0.25) is 0 Å². The van der Waals surface area contributed by atoms with Gasteiger partial charge in [0.05, 0.1) is 45.0 Å². The minimum Gasteiger partial charge on any atom is -0.278 e. The van der Waals surface area contributed by atoms with E-state index in [0.717, 1.165) is 95.0 Å². The zero-order chi connectivity index (χ0) is 48.1. The van der Waals surface area contributed by atoms with Gasteiger partial charge < -0.3 is 0 Å². The Hall–Kier alpha value is -9.40. The Bertz CT molecular complexity index is 4400. The van der Waals surface area contributed by atoms with Crippen molar-refractivity contribution in [1.82, 2.24) is 37.9 Å². The number of benzene rings is 9. The summed E-state index contributed by atoms with van der Waals surface area (Å²) in [6.07, 6.45) is 1.96. The topological polar surface area (TPSA) is 70.2 Å². The average Bonchev–Trinajstić information content (AvgIpc) is 4.17. The van der Waals surface area contributed by atoms with Gasteiger partial charge in [-0.1, -0.05) is 166 Å². The number of fused-ring (bicyclic) bond motifs is 10. The van der Waals surface area contributed by atoms with Gasteiger partial charge in [-0.05, 0) is 128 Å². The van der Waals surface area contributed by atoms with Crippen molar-refractivity contribution in [3.05, 3.63) is 230 Å². The van der Waals surface area contributed by atoms with E-state index in [0.29, 0.717) is 5.82 Å². The van der Waals surface area contributed by atoms with Crippen molar-refractivity contribution < 1.29 is 0 Å². The summed E-state index contributed by atoms with van der Waals surface area (Å²) in [6, 6.07) is 77.6. The third-order valence-electron chi connectivity index (χ3n) is 14.2. The first kappa shape index (κ1) is 41.6. The molecule has 72 heavy (non-hydrogen) atoms. The van der Waals surface area contributed by atoms with Gasteiger partial charge >= 0.3 is 0 Å². The van der Waals surface area contributed by atoms with E-state index in [1.807, 2.05) is 18.3 Å². The number of nitrogens with zero attached hydrogens (tertiary/aromatic N) is 8. The average molecular weight is 927 g/mol. The highest BCUT2D eigenvalue weighted by atomic mass is 15.2. The highest BCUT2D eigenvalue weighted by Gasteiger charge is 2.27. The number of hydrogen-bond donors (Lipinski definition) is 0. The predicted octanol–water partition coefficient (Wildman–Crippen LogP) is 15.6. The summed E-state index contributed by atoms with van der Waals surface area (Å²) in [5.74, 6) is 2.27. The van der Waals surface area contributed by atoms with Crippen LogP contribution in [-0.2, 0) is 5.41 Å². The van der Waals surface area contributed by atoms with Crippen LogP contribution in [0.25, 0.3) is 123 Å². The van der Waals surface area contributed by atoms with Crippen LogP contribution in [0, 0.1) is 0 Å². The molecule has 0 saturated heterocycles. The van der Waals surface area contributed by atoms with Gasteiger partial charge in [-0.25, -0.2) is 19.9 Å². The number of para-hydroxylation sites is 5. The molecule has 5 heterocycles. The lowest BCUT2D eigenvalue weighted by Gasteiger charge is -2.22. The molecule has 0 atom stereocenters. The molecule has 0 aliphatic heterocycles. The maximum Gasteiger partial charge on any atom is 0.222 e. The maximum absolute atomic E-state index is 5.53. The molecule has 8 nitrogen and oxygen atoms in total. The second-order valence-corrected chi connectivity index (χ2v) is 19.6. The number of aromatic nitrogens is 8. The minimum atomic E-state index is -0.265. The van der Waals surface area contributed by atoms with E-state index in [-0.39, 0.29) is 5.41 Å². The molecule has 14 rings (SSSR count). The molecule has 0 spiro atoms. The zero-order valence-corrected chi connectivity index (χ0v) is 39.9. The Balaban J connectivity index is 0.981. The fourth-order valence-corrected chi connectivity index (χ4v) is 10.9. The predicted molar refractivity (Wildman–Crippen MR) is 294 cm³/mol. The van der Waals surface area contributed by atoms with Crippen LogP contribution in [-0.4, -0.2) is 37.9 Å². The molecule has 0 radical (unpaired) electrons. The van der Waals surface area contributed by atoms with E-state index in [1.54, 1.807) is 0 Å². The molecule has 0 saturated carbocycles. The highest BCUT2D eigenvalue weighted by molar-refractivity contribution is 5.98. The van der Waals surface area contributed by atoms with Gasteiger partial charge in [0.2, 0.25) is 11.6 Å². The Morgan fingerprint density at radius 3 is 1.49 bits per heavy atom. The van der Waals surface area contributed by atoms with E-state index < -0.39 is 0 Å². The van der Waals surface area contributed by atoms with Gasteiger partial charge in [0.1, 0.15) is 5.52 Å². The van der Waals surface area contributed by atoms with Crippen molar-refractivity contribution >= 4 is 55.8 Å². The SMILES string of the molecule is CC(C)(C)c1cc2nc3n(-c4cccc(-c5cc(-c6ccccc6)c(-c6ccccc6)cc5-c5ccccc5)c4)c4ccccc4n3c2cc1-c1ncc2c(n1)n(-c1ccccc1)c1nc3ccccc3n21. The monoisotopic (exact) mass is 926 g/mol. The molecule has 0 N–H and O–H groups in total. The molecule has 5 aromatic heterocycles. The highest BCUT2D eigenvalue weighted by Crippen LogP contribution is 2.44. The smallest absolute Gasteiger partial charge is 0.222 e. The van der Waals surface area contributed by atoms with Crippen LogP contribution in [0.5, 0.6) is 0 Å². The second-order valence-electron chi connectivity index (χ2n) is 19.6. The summed E-state index contributed by atoms with van der Waals surface area (Å²) in [5, 5.41) is 0. The van der Waals surface area contributed by atoms with Gasteiger partial charge in [0.25, 0.3) is 0 Å². The normalized spacial score (nSPS) is 12.1. The van der Waals surface area contributed by atoms with Gasteiger partial charge in [-0.2, -0.15) is 0 Å². The first-order valence-electron chi connectivity index (χ1n) is 24.5. The Labute approximate surface area is 415 Å². The molecule has 0 aliphatic carbocycles. The molecular weight excluding hydrogens is 881 g/mol. The largest absolute Gasteiger partial charge is 0.278 e. The summed E-state index contributed by atoms with van der Waals surface area (Å²) < 4.78 is 8.93. The summed E-state index contributed by atoms with van der Waals surface area (Å²) in [4.78, 5) is 21.3. The molecule has 0 aliphatic rings.